The lowest BCUT2D eigenvalue weighted by molar-refractivity contribution is 0.294. The first-order chi connectivity index (χ1) is 9.61. The summed E-state index contributed by atoms with van der Waals surface area (Å²) in [5.74, 6) is 2.32. The smallest absolute Gasteiger partial charge is 0.125 e. The Kier molecular flexibility index (Phi) is 4.67. The van der Waals surface area contributed by atoms with E-state index in [2.05, 4.69) is 39.0 Å². The molecule has 0 saturated carbocycles. The predicted octanol–water partition coefficient (Wildman–Crippen LogP) is 4.71. The predicted molar refractivity (Wildman–Crippen MR) is 82.6 cm³/mol. The molecular weight excluding hydrogens is 248 g/mol. The summed E-state index contributed by atoms with van der Waals surface area (Å²) in [5, 5.41) is 0. The summed E-state index contributed by atoms with van der Waals surface area (Å²) in [4.78, 5) is 0. The molecule has 2 aromatic rings. The van der Waals surface area contributed by atoms with Gasteiger partial charge < -0.3 is 9.47 Å². The van der Waals surface area contributed by atoms with Crippen molar-refractivity contribution in [2.24, 2.45) is 0 Å². The minimum atomic E-state index is 0.504. The summed E-state index contributed by atoms with van der Waals surface area (Å²) in [7, 11) is 1.68. The van der Waals surface area contributed by atoms with E-state index in [4.69, 9.17) is 9.47 Å². The van der Waals surface area contributed by atoms with Crippen LogP contribution in [0.4, 0.5) is 0 Å². The van der Waals surface area contributed by atoms with Crippen molar-refractivity contribution in [3.8, 4) is 11.5 Å². The van der Waals surface area contributed by atoms with Crippen LogP contribution in [0.1, 0.15) is 36.5 Å². The molecule has 0 heterocycles. The van der Waals surface area contributed by atoms with Crippen molar-refractivity contribution in [3.63, 3.8) is 0 Å². The highest BCUT2D eigenvalue weighted by molar-refractivity contribution is 5.39. The monoisotopic (exact) mass is 270 g/mol. The van der Waals surface area contributed by atoms with Crippen molar-refractivity contribution in [2.75, 3.05) is 7.11 Å². The summed E-state index contributed by atoms with van der Waals surface area (Å²) in [5.41, 5.74) is 3.51. The highest BCUT2D eigenvalue weighted by Gasteiger charge is 2.07. The third-order valence-corrected chi connectivity index (χ3v) is 3.45. The zero-order valence-electron chi connectivity index (χ0n) is 12.6. The average Bonchev–Trinajstić information content (AvgIpc) is 2.46. The van der Waals surface area contributed by atoms with Crippen LogP contribution < -0.4 is 9.47 Å². The summed E-state index contributed by atoms with van der Waals surface area (Å²) in [6, 6.07) is 14.4. The Balaban J connectivity index is 2.16. The van der Waals surface area contributed by atoms with Crippen LogP contribution in [0.15, 0.2) is 42.5 Å². The van der Waals surface area contributed by atoms with E-state index >= 15 is 0 Å². The van der Waals surface area contributed by atoms with Gasteiger partial charge in [-0.1, -0.05) is 44.2 Å². The maximum absolute atomic E-state index is 5.98. The number of hydrogen-bond acceptors (Lipinski definition) is 2. The van der Waals surface area contributed by atoms with E-state index in [1.54, 1.807) is 7.11 Å². The molecule has 0 aromatic heterocycles. The molecule has 20 heavy (non-hydrogen) atoms. The van der Waals surface area contributed by atoms with Crippen molar-refractivity contribution >= 4 is 0 Å². The fraction of sp³-hybridized carbons (Fsp3) is 0.333. The highest BCUT2D eigenvalue weighted by Crippen LogP contribution is 2.26. The fourth-order valence-electron chi connectivity index (χ4n) is 2.11. The first-order valence-electron chi connectivity index (χ1n) is 6.97. The first kappa shape index (κ1) is 14.4. The quantitative estimate of drug-likeness (QED) is 0.783. The van der Waals surface area contributed by atoms with Crippen LogP contribution in [0.3, 0.4) is 0 Å². The lowest BCUT2D eigenvalue weighted by Gasteiger charge is -2.14. The number of rotatable bonds is 5. The zero-order chi connectivity index (χ0) is 14.5. The Morgan fingerprint density at radius 3 is 2.45 bits per heavy atom. The molecule has 0 atom stereocenters. The van der Waals surface area contributed by atoms with Gasteiger partial charge in [0.15, 0.2) is 0 Å². The van der Waals surface area contributed by atoms with Crippen LogP contribution in [0.2, 0.25) is 0 Å². The average molecular weight is 270 g/mol. The maximum atomic E-state index is 5.98. The highest BCUT2D eigenvalue weighted by atomic mass is 16.5. The topological polar surface area (TPSA) is 18.5 Å². The van der Waals surface area contributed by atoms with Gasteiger partial charge in [-0.15, -0.1) is 0 Å². The van der Waals surface area contributed by atoms with Gasteiger partial charge in [-0.05, 0) is 36.1 Å². The van der Waals surface area contributed by atoms with Gasteiger partial charge in [0.05, 0.1) is 7.11 Å². The largest absolute Gasteiger partial charge is 0.496 e. The molecule has 2 rings (SSSR count). The zero-order valence-corrected chi connectivity index (χ0v) is 12.6. The van der Waals surface area contributed by atoms with Crippen LogP contribution >= 0.6 is 0 Å². The van der Waals surface area contributed by atoms with Gasteiger partial charge >= 0.3 is 0 Å². The minimum Gasteiger partial charge on any atom is -0.496 e. The van der Waals surface area contributed by atoms with E-state index in [1.165, 1.54) is 5.56 Å². The van der Waals surface area contributed by atoms with Crippen molar-refractivity contribution in [3.05, 3.63) is 59.2 Å². The fourth-order valence-corrected chi connectivity index (χ4v) is 2.11. The second kappa shape index (κ2) is 6.47. The maximum Gasteiger partial charge on any atom is 0.125 e. The Bertz CT molecular complexity index is 573. The van der Waals surface area contributed by atoms with Crippen LogP contribution in [0.5, 0.6) is 11.5 Å². The Hall–Kier alpha value is -1.96. The number of aryl methyl sites for hydroxylation is 1. The van der Waals surface area contributed by atoms with E-state index in [9.17, 15) is 0 Å². The second-order valence-corrected chi connectivity index (χ2v) is 5.28. The molecule has 0 saturated heterocycles. The van der Waals surface area contributed by atoms with Gasteiger partial charge in [-0.25, -0.2) is 0 Å². The lowest BCUT2D eigenvalue weighted by Crippen LogP contribution is -2.00. The molecule has 0 spiro atoms. The molecule has 0 aliphatic carbocycles. The van der Waals surface area contributed by atoms with Crippen molar-refractivity contribution in [1.29, 1.82) is 0 Å². The molecule has 0 N–H and O–H groups in total. The number of ether oxygens (including phenoxy) is 2. The molecular formula is C18H22O2. The van der Waals surface area contributed by atoms with Gasteiger partial charge in [0.25, 0.3) is 0 Å². The van der Waals surface area contributed by atoms with E-state index in [0.717, 1.165) is 22.6 Å². The second-order valence-electron chi connectivity index (χ2n) is 5.28. The third kappa shape index (κ3) is 3.32. The summed E-state index contributed by atoms with van der Waals surface area (Å²) in [6.07, 6.45) is 0. The molecule has 2 heteroatoms. The van der Waals surface area contributed by atoms with Crippen LogP contribution in [0.25, 0.3) is 0 Å². The van der Waals surface area contributed by atoms with E-state index in [1.807, 2.05) is 24.3 Å². The normalized spacial score (nSPS) is 10.7. The lowest BCUT2D eigenvalue weighted by atomic mass is 10.0. The molecule has 2 aromatic carbocycles. The molecule has 0 aliphatic rings. The van der Waals surface area contributed by atoms with E-state index < -0.39 is 0 Å². The van der Waals surface area contributed by atoms with Crippen LogP contribution in [-0.4, -0.2) is 7.11 Å². The molecule has 0 amide bonds. The molecule has 2 nitrogen and oxygen atoms in total. The van der Waals surface area contributed by atoms with Crippen molar-refractivity contribution in [1.82, 2.24) is 0 Å². The molecule has 0 unspecified atom stereocenters. The summed E-state index contributed by atoms with van der Waals surface area (Å²) >= 11 is 0. The number of hydrogen-bond donors (Lipinski definition) is 0. The minimum absolute atomic E-state index is 0.504. The van der Waals surface area contributed by atoms with Crippen molar-refractivity contribution in [2.45, 2.75) is 33.3 Å². The standard InChI is InChI=1S/C18H22O2/c1-13(2)15-10-9-14(3)18(11-15)20-12-16-7-5-6-8-17(16)19-4/h5-11,13H,12H2,1-4H3. The number of benzene rings is 2. The molecule has 0 fully saturated rings. The third-order valence-electron chi connectivity index (χ3n) is 3.45. The molecule has 0 aliphatic heterocycles. The SMILES string of the molecule is COc1ccccc1COc1cc(C(C)C)ccc1C. The molecule has 106 valence electrons. The van der Waals surface area contributed by atoms with Crippen molar-refractivity contribution < 1.29 is 9.47 Å². The molecule has 0 radical (unpaired) electrons. The van der Waals surface area contributed by atoms with Gasteiger partial charge in [0.1, 0.15) is 18.1 Å². The van der Waals surface area contributed by atoms with Gasteiger partial charge in [0.2, 0.25) is 0 Å². The van der Waals surface area contributed by atoms with E-state index in [-0.39, 0.29) is 0 Å². The summed E-state index contributed by atoms with van der Waals surface area (Å²) < 4.78 is 11.3. The van der Waals surface area contributed by atoms with Gasteiger partial charge in [-0.3, -0.25) is 0 Å². The Morgan fingerprint density at radius 1 is 1.00 bits per heavy atom. The number of methoxy groups -OCH3 is 1. The summed E-state index contributed by atoms with van der Waals surface area (Å²) in [6.45, 7) is 6.97. The van der Waals surface area contributed by atoms with E-state index in [0.29, 0.717) is 12.5 Å². The van der Waals surface area contributed by atoms with Gasteiger partial charge in [0, 0.05) is 5.56 Å². The first-order valence-corrected chi connectivity index (χ1v) is 6.97. The molecule has 0 bridgehead atoms. The van der Waals surface area contributed by atoms with Crippen LogP contribution in [0, 0.1) is 6.92 Å². The number of para-hydroxylation sites is 1. The Labute approximate surface area is 121 Å². The van der Waals surface area contributed by atoms with Crippen LogP contribution in [-0.2, 0) is 6.61 Å². The van der Waals surface area contributed by atoms with Gasteiger partial charge in [-0.2, -0.15) is 0 Å². The Morgan fingerprint density at radius 2 is 1.75 bits per heavy atom.